The third-order valence-corrected chi connectivity index (χ3v) is 5.77. The summed E-state index contributed by atoms with van der Waals surface area (Å²) in [5.41, 5.74) is 3.19. The van der Waals surface area contributed by atoms with E-state index in [9.17, 15) is 30.1 Å². The van der Waals surface area contributed by atoms with Crippen molar-refractivity contribution < 1.29 is 34.7 Å². The van der Waals surface area contributed by atoms with Gasteiger partial charge in [0.2, 0.25) is 0 Å². The molecule has 35 heavy (non-hydrogen) atoms. The SMILES string of the molecule is OB(O)c1ccccc1-c1ccccc1B(O)OB(O)c1ccccc1-c1ccccc1B(O)O. The molecule has 4 aromatic rings. The van der Waals surface area contributed by atoms with E-state index in [1.165, 1.54) is 0 Å². The average Bonchev–Trinajstić information content (AvgIpc) is 2.88. The molecule has 0 atom stereocenters. The first kappa shape index (κ1) is 25.0. The zero-order valence-corrected chi connectivity index (χ0v) is 18.6. The molecule has 4 aromatic carbocycles. The Morgan fingerprint density at radius 2 is 0.629 bits per heavy atom. The summed E-state index contributed by atoms with van der Waals surface area (Å²) in [4.78, 5) is 0. The second kappa shape index (κ2) is 11.1. The van der Waals surface area contributed by atoms with E-state index in [1.807, 2.05) is 0 Å². The molecule has 0 heterocycles. The van der Waals surface area contributed by atoms with Crippen molar-refractivity contribution in [3.63, 3.8) is 0 Å². The normalized spacial score (nSPS) is 10.7. The largest absolute Gasteiger partial charge is 0.489 e. The molecule has 0 amide bonds. The molecule has 0 saturated carbocycles. The Kier molecular flexibility index (Phi) is 7.90. The Bertz CT molecular complexity index is 1200. The highest BCUT2D eigenvalue weighted by atomic mass is 16.5. The Morgan fingerprint density at radius 1 is 0.371 bits per heavy atom. The van der Waals surface area contributed by atoms with Gasteiger partial charge in [0.1, 0.15) is 0 Å². The topological polar surface area (TPSA) is 131 Å². The zero-order chi connectivity index (χ0) is 24.9. The van der Waals surface area contributed by atoms with Gasteiger partial charge in [0, 0.05) is 0 Å². The molecule has 7 nitrogen and oxygen atoms in total. The molecule has 0 spiro atoms. The highest BCUT2D eigenvalue weighted by Crippen LogP contribution is 2.18. The molecule has 11 heteroatoms. The fourth-order valence-electron chi connectivity index (χ4n) is 4.12. The minimum atomic E-state index is -1.71. The summed E-state index contributed by atoms with van der Waals surface area (Å²) < 4.78 is 5.61. The first-order valence-corrected chi connectivity index (χ1v) is 11.0. The minimum absolute atomic E-state index is 0.261. The average molecular weight is 466 g/mol. The Morgan fingerprint density at radius 3 is 0.943 bits per heavy atom. The lowest BCUT2D eigenvalue weighted by molar-refractivity contribution is 0.379. The van der Waals surface area contributed by atoms with Gasteiger partial charge in [-0.15, -0.1) is 0 Å². The van der Waals surface area contributed by atoms with E-state index < -0.39 is 28.5 Å². The van der Waals surface area contributed by atoms with Gasteiger partial charge in [-0.1, -0.05) is 97.1 Å². The first-order chi connectivity index (χ1) is 16.9. The highest BCUT2D eigenvalue weighted by molar-refractivity contribution is 6.75. The van der Waals surface area contributed by atoms with Gasteiger partial charge in [0.05, 0.1) is 0 Å². The summed E-state index contributed by atoms with van der Waals surface area (Å²) in [6.45, 7) is 0. The van der Waals surface area contributed by atoms with Crippen molar-refractivity contribution in [3.8, 4) is 22.3 Å². The van der Waals surface area contributed by atoms with E-state index in [2.05, 4.69) is 0 Å². The Labute approximate surface area is 204 Å². The standard InChI is InChI=1S/C24H22B4O7/c29-25(30)21-13-5-1-9-17(21)19-11-3-7-15-23(19)27(33)35-28(34)24-16-8-4-12-20(24)18-10-2-6-14-22(18)26(31)32/h1-16,29-34H. The Hall–Kier alpha value is -3.14. The van der Waals surface area contributed by atoms with Crippen LogP contribution < -0.4 is 21.9 Å². The van der Waals surface area contributed by atoms with Crippen LogP contribution in [0.4, 0.5) is 0 Å². The van der Waals surface area contributed by atoms with Gasteiger partial charge in [-0.2, -0.15) is 0 Å². The van der Waals surface area contributed by atoms with Crippen LogP contribution in [0, 0.1) is 0 Å². The molecule has 4 rings (SSSR count). The molecule has 0 saturated heterocycles. The van der Waals surface area contributed by atoms with Crippen molar-refractivity contribution in [1.29, 1.82) is 0 Å². The van der Waals surface area contributed by atoms with Gasteiger partial charge in [0.25, 0.3) is 0 Å². The molecule has 0 radical (unpaired) electrons. The maximum atomic E-state index is 10.9. The molecular weight excluding hydrogens is 444 g/mol. The second-order valence-electron chi connectivity index (χ2n) is 7.94. The van der Waals surface area contributed by atoms with Gasteiger partial charge in [0.15, 0.2) is 0 Å². The maximum absolute atomic E-state index is 10.9. The van der Waals surface area contributed by atoms with Gasteiger partial charge in [-0.25, -0.2) is 0 Å². The van der Waals surface area contributed by atoms with Crippen molar-refractivity contribution in [3.05, 3.63) is 97.1 Å². The number of rotatable bonds is 8. The molecule has 6 N–H and O–H groups in total. The Balaban J connectivity index is 1.68. The quantitative estimate of drug-likeness (QED) is 0.174. The van der Waals surface area contributed by atoms with E-state index in [0.29, 0.717) is 33.2 Å². The summed E-state index contributed by atoms with van der Waals surface area (Å²) in [6, 6.07) is 26.9. The molecule has 0 unspecified atom stereocenters. The lowest BCUT2D eigenvalue weighted by Gasteiger charge is -2.19. The van der Waals surface area contributed by atoms with E-state index >= 15 is 0 Å². The van der Waals surface area contributed by atoms with Gasteiger partial charge in [-0.05, 0) is 44.1 Å². The summed E-state index contributed by atoms with van der Waals surface area (Å²) >= 11 is 0. The molecule has 0 aliphatic carbocycles. The van der Waals surface area contributed by atoms with Crippen molar-refractivity contribution >= 4 is 50.3 Å². The van der Waals surface area contributed by atoms with Crippen molar-refractivity contribution in [2.45, 2.75) is 0 Å². The second-order valence-corrected chi connectivity index (χ2v) is 7.94. The zero-order valence-electron chi connectivity index (χ0n) is 18.6. The van der Waals surface area contributed by atoms with Gasteiger partial charge < -0.3 is 34.7 Å². The van der Waals surface area contributed by atoms with Crippen LogP contribution in [0.5, 0.6) is 0 Å². The summed E-state index contributed by atoms with van der Waals surface area (Å²) in [5, 5.41) is 61.0. The summed E-state index contributed by atoms with van der Waals surface area (Å²) in [5.74, 6) is 0. The van der Waals surface area contributed by atoms with Crippen LogP contribution in [0.3, 0.4) is 0 Å². The lowest BCUT2D eigenvalue weighted by atomic mass is 9.65. The third-order valence-electron chi connectivity index (χ3n) is 5.77. The molecular formula is C24H22B4O7. The van der Waals surface area contributed by atoms with E-state index in [-0.39, 0.29) is 10.9 Å². The maximum Gasteiger partial charge on any atom is 0.489 e. The fourth-order valence-corrected chi connectivity index (χ4v) is 4.12. The number of hydrogen-bond donors (Lipinski definition) is 6. The van der Waals surface area contributed by atoms with Crippen LogP contribution in [-0.2, 0) is 4.57 Å². The predicted molar refractivity (Wildman–Crippen MR) is 140 cm³/mol. The molecule has 0 bridgehead atoms. The predicted octanol–water partition coefficient (Wildman–Crippen LogP) is -1.53. The molecule has 0 aromatic heterocycles. The fraction of sp³-hybridized carbons (Fsp3) is 0. The molecule has 0 aliphatic heterocycles. The monoisotopic (exact) mass is 466 g/mol. The van der Waals surface area contributed by atoms with E-state index in [1.54, 1.807) is 97.1 Å². The van der Waals surface area contributed by atoms with Crippen LogP contribution in [0.2, 0.25) is 0 Å². The van der Waals surface area contributed by atoms with E-state index in [0.717, 1.165) is 0 Å². The van der Waals surface area contributed by atoms with Crippen LogP contribution in [0.1, 0.15) is 0 Å². The van der Waals surface area contributed by atoms with Crippen molar-refractivity contribution in [2.24, 2.45) is 0 Å². The van der Waals surface area contributed by atoms with Crippen LogP contribution in [0.25, 0.3) is 22.3 Å². The third kappa shape index (κ3) is 5.42. The van der Waals surface area contributed by atoms with E-state index in [4.69, 9.17) is 4.57 Å². The van der Waals surface area contributed by atoms with Gasteiger partial charge in [-0.3, -0.25) is 0 Å². The molecule has 172 valence electrons. The number of hydrogen-bond acceptors (Lipinski definition) is 7. The minimum Gasteiger partial charge on any atom is -0.443 e. The molecule has 0 fully saturated rings. The summed E-state index contributed by atoms with van der Waals surface area (Å²) in [7, 11) is -6.54. The smallest absolute Gasteiger partial charge is 0.443 e. The van der Waals surface area contributed by atoms with Crippen LogP contribution >= 0.6 is 0 Å². The summed E-state index contributed by atoms with van der Waals surface area (Å²) in [6.07, 6.45) is 0. The van der Waals surface area contributed by atoms with Crippen LogP contribution in [0.15, 0.2) is 97.1 Å². The van der Waals surface area contributed by atoms with Crippen LogP contribution in [-0.4, -0.2) is 58.6 Å². The lowest BCUT2D eigenvalue weighted by Crippen LogP contribution is -2.47. The number of benzene rings is 4. The van der Waals surface area contributed by atoms with Crippen molar-refractivity contribution in [2.75, 3.05) is 0 Å². The van der Waals surface area contributed by atoms with Gasteiger partial charge >= 0.3 is 28.5 Å². The highest BCUT2D eigenvalue weighted by Gasteiger charge is 2.31. The first-order valence-electron chi connectivity index (χ1n) is 11.0. The molecule has 0 aliphatic rings. The van der Waals surface area contributed by atoms with Crippen molar-refractivity contribution in [1.82, 2.24) is 0 Å².